The largest absolute Gasteiger partial charge is 0.480 e. The molecule has 0 aromatic heterocycles. The number of fused-ring (bicyclic) bond motifs is 1. The number of rotatable bonds is 4. The summed E-state index contributed by atoms with van der Waals surface area (Å²) in [6.07, 6.45) is 6.69. The minimum absolute atomic E-state index is 0.236. The maximum atomic E-state index is 11.8. The first-order valence-electron chi connectivity index (χ1n) is 8.27. The van der Waals surface area contributed by atoms with Crippen molar-refractivity contribution in [2.24, 2.45) is 5.92 Å². The van der Waals surface area contributed by atoms with E-state index in [1.165, 1.54) is 24.8 Å². The monoisotopic (exact) mass is 287 g/mol. The average Bonchev–Trinajstić information content (AvgIpc) is 2.89. The van der Waals surface area contributed by atoms with Gasteiger partial charge in [-0.1, -0.05) is 50.1 Å². The zero-order valence-corrected chi connectivity index (χ0v) is 12.7. The van der Waals surface area contributed by atoms with Gasteiger partial charge in [-0.3, -0.25) is 9.69 Å². The van der Waals surface area contributed by atoms with E-state index in [0.717, 1.165) is 19.3 Å². The summed E-state index contributed by atoms with van der Waals surface area (Å²) in [5.74, 6) is -0.0589. The Morgan fingerprint density at radius 2 is 2.00 bits per heavy atom. The highest BCUT2D eigenvalue weighted by Gasteiger charge is 2.47. The Balaban J connectivity index is 1.93. The predicted octanol–water partition coefficient (Wildman–Crippen LogP) is 3.86. The molecular formula is C18H25NO2. The molecule has 1 aromatic carbocycles. The van der Waals surface area contributed by atoms with Crippen LogP contribution in [-0.4, -0.2) is 28.1 Å². The quantitative estimate of drug-likeness (QED) is 0.914. The molecule has 0 spiro atoms. The summed E-state index contributed by atoms with van der Waals surface area (Å²) in [5.41, 5.74) is 1.26. The van der Waals surface area contributed by atoms with Gasteiger partial charge in [-0.05, 0) is 37.2 Å². The fourth-order valence-electron chi connectivity index (χ4n) is 4.47. The van der Waals surface area contributed by atoms with Gasteiger partial charge in [0.2, 0.25) is 0 Å². The van der Waals surface area contributed by atoms with Gasteiger partial charge in [0.1, 0.15) is 6.04 Å². The zero-order valence-electron chi connectivity index (χ0n) is 12.7. The summed E-state index contributed by atoms with van der Waals surface area (Å²) in [4.78, 5) is 14.1. The SMILES string of the molecule is CCC(c1ccccc1)N1C(C(=O)O)CC2CCCCC21. The van der Waals surface area contributed by atoms with Crippen LogP contribution in [0.2, 0.25) is 0 Å². The Bertz CT molecular complexity index is 487. The van der Waals surface area contributed by atoms with Crippen molar-refractivity contribution in [2.45, 2.75) is 63.6 Å². The normalized spacial score (nSPS) is 30.8. The molecule has 1 N–H and O–H groups in total. The number of carboxylic acids is 1. The molecule has 0 amide bonds. The average molecular weight is 287 g/mol. The Morgan fingerprint density at radius 1 is 1.29 bits per heavy atom. The van der Waals surface area contributed by atoms with Crippen LogP contribution in [0.5, 0.6) is 0 Å². The van der Waals surface area contributed by atoms with Gasteiger partial charge in [0.25, 0.3) is 0 Å². The second kappa shape index (κ2) is 6.18. The number of hydrogen-bond acceptors (Lipinski definition) is 2. The van der Waals surface area contributed by atoms with Gasteiger partial charge in [0.05, 0.1) is 0 Å². The van der Waals surface area contributed by atoms with Crippen LogP contribution >= 0.6 is 0 Å². The van der Waals surface area contributed by atoms with Crippen molar-refractivity contribution in [1.82, 2.24) is 4.90 Å². The predicted molar refractivity (Wildman–Crippen MR) is 83.1 cm³/mol. The molecule has 114 valence electrons. The fraction of sp³-hybridized carbons (Fsp3) is 0.611. The minimum atomic E-state index is -0.640. The highest BCUT2D eigenvalue weighted by atomic mass is 16.4. The van der Waals surface area contributed by atoms with Crippen molar-refractivity contribution in [1.29, 1.82) is 0 Å². The van der Waals surface area contributed by atoms with Crippen LogP contribution in [0.15, 0.2) is 30.3 Å². The van der Waals surface area contributed by atoms with Crippen LogP contribution in [0.25, 0.3) is 0 Å². The van der Waals surface area contributed by atoms with Gasteiger partial charge in [0, 0.05) is 12.1 Å². The van der Waals surface area contributed by atoms with Crippen molar-refractivity contribution >= 4 is 5.97 Å². The van der Waals surface area contributed by atoms with E-state index in [2.05, 4.69) is 36.1 Å². The minimum Gasteiger partial charge on any atom is -0.480 e. The highest BCUT2D eigenvalue weighted by Crippen LogP contribution is 2.44. The number of benzene rings is 1. The smallest absolute Gasteiger partial charge is 0.320 e. The molecule has 4 atom stereocenters. The second-order valence-electron chi connectivity index (χ2n) is 6.48. The van der Waals surface area contributed by atoms with E-state index in [4.69, 9.17) is 0 Å². The first kappa shape index (κ1) is 14.6. The molecule has 3 rings (SSSR count). The van der Waals surface area contributed by atoms with Crippen molar-refractivity contribution < 1.29 is 9.90 Å². The lowest BCUT2D eigenvalue weighted by atomic mass is 9.84. The molecule has 0 radical (unpaired) electrons. The molecule has 1 aliphatic carbocycles. The first-order valence-corrected chi connectivity index (χ1v) is 8.27. The van der Waals surface area contributed by atoms with Crippen molar-refractivity contribution in [3.63, 3.8) is 0 Å². The summed E-state index contributed by atoms with van der Waals surface area (Å²) in [7, 11) is 0. The topological polar surface area (TPSA) is 40.5 Å². The molecule has 1 saturated heterocycles. The molecular weight excluding hydrogens is 262 g/mol. The van der Waals surface area contributed by atoms with Crippen LogP contribution in [-0.2, 0) is 4.79 Å². The van der Waals surface area contributed by atoms with Gasteiger partial charge in [-0.15, -0.1) is 0 Å². The fourth-order valence-corrected chi connectivity index (χ4v) is 4.47. The van der Waals surface area contributed by atoms with Crippen LogP contribution in [0.4, 0.5) is 0 Å². The number of likely N-dealkylation sites (tertiary alicyclic amines) is 1. The van der Waals surface area contributed by atoms with Gasteiger partial charge in [-0.2, -0.15) is 0 Å². The number of carboxylic acid groups (broad SMARTS) is 1. The maximum Gasteiger partial charge on any atom is 0.320 e. The molecule has 3 heteroatoms. The standard InChI is InChI=1S/C18H25NO2/c1-2-15(13-8-4-3-5-9-13)19-16-11-7-6-10-14(16)12-17(19)18(20)21/h3-5,8-9,14-17H,2,6-7,10-12H2,1H3,(H,20,21). The zero-order chi connectivity index (χ0) is 14.8. The number of aliphatic carboxylic acids is 1. The highest BCUT2D eigenvalue weighted by molar-refractivity contribution is 5.74. The van der Waals surface area contributed by atoms with E-state index in [1.807, 2.05) is 6.07 Å². The molecule has 2 aliphatic rings. The molecule has 1 saturated carbocycles. The van der Waals surface area contributed by atoms with E-state index >= 15 is 0 Å². The second-order valence-corrected chi connectivity index (χ2v) is 6.48. The lowest BCUT2D eigenvalue weighted by Crippen LogP contribution is -2.44. The summed E-state index contributed by atoms with van der Waals surface area (Å²) in [6, 6.07) is 10.8. The van der Waals surface area contributed by atoms with Gasteiger partial charge in [0.15, 0.2) is 0 Å². The van der Waals surface area contributed by atoms with Crippen LogP contribution in [0.1, 0.15) is 57.1 Å². The summed E-state index contributed by atoms with van der Waals surface area (Å²) in [5, 5.41) is 9.68. The Morgan fingerprint density at radius 3 is 2.67 bits per heavy atom. The van der Waals surface area contributed by atoms with Crippen molar-refractivity contribution in [2.75, 3.05) is 0 Å². The van der Waals surface area contributed by atoms with Crippen LogP contribution < -0.4 is 0 Å². The summed E-state index contributed by atoms with van der Waals surface area (Å²) < 4.78 is 0. The van der Waals surface area contributed by atoms with Gasteiger partial charge in [-0.25, -0.2) is 0 Å². The molecule has 4 unspecified atom stereocenters. The number of hydrogen-bond donors (Lipinski definition) is 1. The molecule has 0 bridgehead atoms. The Kier molecular flexibility index (Phi) is 4.29. The molecule has 2 fully saturated rings. The van der Waals surface area contributed by atoms with E-state index in [9.17, 15) is 9.90 Å². The summed E-state index contributed by atoms with van der Waals surface area (Å²) in [6.45, 7) is 2.17. The molecule has 21 heavy (non-hydrogen) atoms. The van der Waals surface area contributed by atoms with Crippen molar-refractivity contribution in [3.8, 4) is 0 Å². The molecule has 3 nitrogen and oxygen atoms in total. The van der Waals surface area contributed by atoms with E-state index in [-0.39, 0.29) is 12.1 Å². The van der Waals surface area contributed by atoms with Gasteiger partial charge < -0.3 is 5.11 Å². The lowest BCUT2D eigenvalue weighted by Gasteiger charge is -2.38. The number of carbonyl (C=O) groups is 1. The van der Waals surface area contributed by atoms with Crippen molar-refractivity contribution in [3.05, 3.63) is 35.9 Å². The first-order chi connectivity index (χ1) is 10.2. The third-order valence-electron chi connectivity index (χ3n) is 5.35. The summed E-state index contributed by atoms with van der Waals surface area (Å²) >= 11 is 0. The Hall–Kier alpha value is -1.35. The van der Waals surface area contributed by atoms with E-state index < -0.39 is 5.97 Å². The van der Waals surface area contributed by atoms with Crippen LogP contribution in [0, 0.1) is 5.92 Å². The van der Waals surface area contributed by atoms with E-state index in [1.54, 1.807) is 0 Å². The number of nitrogens with zero attached hydrogens (tertiary/aromatic N) is 1. The molecule has 1 aromatic rings. The van der Waals surface area contributed by atoms with Gasteiger partial charge >= 0.3 is 5.97 Å². The lowest BCUT2D eigenvalue weighted by molar-refractivity contribution is -0.143. The third kappa shape index (κ3) is 2.71. The maximum absolute atomic E-state index is 11.8. The third-order valence-corrected chi connectivity index (χ3v) is 5.35. The van der Waals surface area contributed by atoms with E-state index in [0.29, 0.717) is 12.0 Å². The Labute approximate surface area is 127 Å². The molecule has 1 heterocycles. The van der Waals surface area contributed by atoms with Crippen LogP contribution in [0.3, 0.4) is 0 Å². The molecule has 1 aliphatic heterocycles.